The largest absolute Gasteiger partial charge is 0.507 e. The summed E-state index contributed by atoms with van der Waals surface area (Å²) in [6, 6.07) is 10.9. The van der Waals surface area contributed by atoms with Crippen LogP contribution in [0.25, 0.3) is 11.0 Å². The number of aromatic hydroxyl groups is 1. The maximum Gasteiger partial charge on any atom is 0.307 e. The zero-order valence-electron chi connectivity index (χ0n) is 12.2. The van der Waals surface area contributed by atoms with E-state index in [4.69, 9.17) is 4.42 Å². The fourth-order valence-corrected chi connectivity index (χ4v) is 2.29. The van der Waals surface area contributed by atoms with Crippen LogP contribution >= 0.6 is 0 Å². The summed E-state index contributed by atoms with van der Waals surface area (Å²) in [6.07, 6.45) is 1.21. The molecule has 23 heavy (non-hydrogen) atoms. The number of halogens is 1. The van der Waals surface area contributed by atoms with E-state index in [9.17, 15) is 14.3 Å². The summed E-state index contributed by atoms with van der Waals surface area (Å²) in [5, 5.41) is 14.0. The number of rotatable bonds is 3. The number of carbonyl (C=O) groups excluding carboxylic acids is 1. The first-order valence-electron chi connectivity index (χ1n) is 6.87. The SMILES string of the molecule is Cc1c(C(=O)NN=Cc2ccccc2F)oc2cccc(O)c12. The Bertz CT molecular complexity index is 915. The van der Waals surface area contributed by atoms with Crippen molar-refractivity contribution < 1.29 is 18.7 Å². The smallest absolute Gasteiger partial charge is 0.307 e. The van der Waals surface area contributed by atoms with Gasteiger partial charge in [0, 0.05) is 11.1 Å². The Kier molecular flexibility index (Phi) is 3.80. The topological polar surface area (TPSA) is 74.8 Å². The molecule has 0 atom stereocenters. The molecule has 5 nitrogen and oxygen atoms in total. The van der Waals surface area contributed by atoms with E-state index in [0.717, 1.165) is 0 Å². The minimum Gasteiger partial charge on any atom is -0.507 e. The lowest BCUT2D eigenvalue weighted by Crippen LogP contribution is -2.17. The molecule has 1 heterocycles. The lowest BCUT2D eigenvalue weighted by Gasteiger charge is -1.98. The zero-order valence-corrected chi connectivity index (χ0v) is 12.2. The summed E-state index contributed by atoms with van der Waals surface area (Å²) in [4.78, 5) is 12.1. The van der Waals surface area contributed by atoms with Crippen molar-refractivity contribution in [3.05, 3.63) is 65.2 Å². The first-order valence-corrected chi connectivity index (χ1v) is 6.87. The summed E-state index contributed by atoms with van der Waals surface area (Å²) < 4.78 is 18.9. The molecule has 0 saturated heterocycles. The number of phenolic OH excluding ortho intramolecular Hbond substituents is 1. The summed E-state index contributed by atoms with van der Waals surface area (Å²) >= 11 is 0. The van der Waals surface area contributed by atoms with Gasteiger partial charge in [-0.2, -0.15) is 5.10 Å². The van der Waals surface area contributed by atoms with E-state index in [2.05, 4.69) is 10.5 Å². The van der Waals surface area contributed by atoms with Gasteiger partial charge in [-0.1, -0.05) is 24.3 Å². The van der Waals surface area contributed by atoms with Crippen molar-refractivity contribution in [2.45, 2.75) is 6.92 Å². The summed E-state index contributed by atoms with van der Waals surface area (Å²) in [7, 11) is 0. The van der Waals surface area contributed by atoms with Crippen LogP contribution in [0.3, 0.4) is 0 Å². The third-order valence-corrected chi connectivity index (χ3v) is 3.41. The maximum absolute atomic E-state index is 13.4. The van der Waals surface area contributed by atoms with Gasteiger partial charge in [-0.05, 0) is 25.1 Å². The van der Waals surface area contributed by atoms with Crippen molar-refractivity contribution in [3.8, 4) is 5.75 Å². The van der Waals surface area contributed by atoms with E-state index in [1.54, 1.807) is 31.2 Å². The van der Waals surface area contributed by atoms with Crippen molar-refractivity contribution in [2.75, 3.05) is 0 Å². The Labute approximate surface area is 131 Å². The second-order valence-electron chi connectivity index (χ2n) is 4.93. The van der Waals surface area contributed by atoms with Gasteiger partial charge in [0.2, 0.25) is 0 Å². The number of furan rings is 1. The highest BCUT2D eigenvalue weighted by molar-refractivity contribution is 6.00. The van der Waals surface area contributed by atoms with Gasteiger partial charge in [0.15, 0.2) is 5.76 Å². The van der Waals surface area contributed by atoms with Gasteiger partial charge in [-0.15, -0.1) is 0 Å². The molecule has 2 aromatic carbocycles. The lowest BCUT2D eigenvalue weighted by atomic mass is 10.1. The normalized spacial score (nSPS) is 11.2. The molecule has 0 aliphatic heterocycles. The van der Waals surface area contributed by atoms with Crippen LogP contribution in [-0.2, 0) is 0 Å². The minimum absolute atomic E-state index is 0.0395. The van der Waals surface area contributed by atoms with E-state index in [0.29, 0.717) is 16.5 Å². The fraction of sp³-hybridized carbons (Fsp3) is 0.0588. The number of amides is 1. The van der Waals surface area contributed by atoms with E-state index in [-0.39, 0.29) is 17.1 Å². The highest BCUT2D eigenvalue weighted by Gasteiger charge is 2.19. The molecule has 0 aliphatic rings. The number of hydrogen-bond donors (Lipinski definition) is 2. The third-order valence-electron chi connectivity index (χ3n) is 3.41. The molecule has 0 bridgehead atoms. The van der Waals surface area contributed by atoms with Crippen molar-refractivity contribution in [2.24, 2.45) is 5.10 Å². The zero-order chi connectivity index (χ0) is 16.4. The van der Waals surface area contributed by atoms with E-state index < -0.39 is 11.7 Å². The van der Waals surface area contributed by atoms with Gasteiger partial charge >= 0.3 is 5.91 Å². The van der Waals surface area contributed by atoms with E-state index in [1.807, 2.05) is 0 Å². The van der Waals surface area contributed by atoms with Gasteiger partial charge < -0.3 is 9.52 Å². The fourth-order valence-electron chi connectivity index (χ4n) is 2.29. The third kappa shape index (κ3) is 2.78. The molecule has 2 N–H and O–H groups in total. The standard InChI is InChI=1S/C17H13FN2O3/c1-10-15-13(21)7-4-8-14(15)23-16(10)17(22)20-19-9-11-5-2-3-6-12(11)18/h2-9,21H,1H3,(H,20,22). The number of hydrogen-bond acceptors (Lipinski definition) is 4. The number of hydrazone groups is 1. The molecule has 3 rings (SSSR count). The maximum atomic E-state index is 13.4. The van der Waals surface area contributed by atoms with Crippen molar-refractivity contribution in [1.29, 1.82) is 0 Å². The van der Waals surface area contributed by atoms with Gasteiger partial charge in [0.1, 0.15) is 17.1 Å². The number of nitrogens with zero attached hydrogens (tertiary/aromatic N) is 1. The van der Waals surface area contributed by atoms with Crippen molar-refractivity contribution in [3.63, 3.8) is 0 Å². The first kappa shape index (κ1) is 14.8. The van der Waals surface area contributed by atoms with E-state index in [1.165, 1.54) is 24.4 Å². The summed E-state index contributed by atoms with van der Waals surface area (Å²) in [6.45, 7) is 1.67. The highest BCUT2D eigenvalue weighted by Crippen LogP contribution is 2.32. The van der Waals surface area contributed by atoms with Crippen molar-refractivity contribution in [1.82, 2.24) is 5.43 Å². The summed E-state index contributed by atoms with van der Waals surface area (Å²) in [5.41, 5.74) is 3.46. The Morgan fingerprint density at radius 3 is 2.78 bits per heavy atom. The molecule has 116 valence electrons. The Balaban J connectivity index is 1.83. The second-order valence-corrected chi connectivity index (χ2v) is 4.93. The average molecular weight is 312 g/mol. The number of phenols is 1. The molecule has 0 saturated carbocycles. The van der Waals surface area contributed by atoms with Crippen LogP contribution in [0.5, 0.6) is 5.75 Å². The van der Waals surface area contributed by atoms with Gasteiger partial charge in [0.05, 0.1) is 11.6 Å². The molecule has 6 heteroatoms. The second kappa shape index (κ2) is 5.92. The molecule has 3 aromatic rings. The molecule has 0 fully saturated rings. The lowest BCUT2D eigenvalue weighted by molar-refractivity contribution is 0.0929. The van der Waals surface area contributed by atoms with Crippen molar-refractivity contribution >= 4 is 23.1 Å². The predicted molar refractivity (Wildman–Crippen MR) is 84.1 cm³/mol. The van der Waals surface area contributed by atoms with Crippen LogP contribution < -0.4 is 5.43 Å². The Morgan fingerprint density at radius 1 is 1.26 bits per heavy atom. The molecule has 0 spiro atoms. The molecule has 1 aromatic heterocycles. The molecular formula is C17H13FN2O3. The Morgan fingerprint density at radius 2 is 2.04 bits per heavy atom. The number of aryl methyl sites for hydroxylation is 1. The molecule has 0 radical (unpaired) electrons. The summed E-state index contributed by atoms with van der Waals surface area (Å²) in [5.74, 6) is -0.925. The van der Waals surface area contributed by atoms with Crippen LogP contribution in [0.1, 0.15) is 21.7 Å². The van der Waals surface area contributed by atoms with Gasteiger partial charge in [-0.3, -0.25) is 4.79 Å². The van der Waals surface area contributed by atoms with E-state index >= 15 is 0 Å². The quantitative estimate of drug-likeness (QED) is 0.575. The average Bonchev–Trinajstić information content (AvgIpc) is 2.87. The highest BCUT2D eigenvalue weighted by atomic mass is 19.1. The van der Waals surface area contributed by atoms with Crippen LogP contribution in [0.15, 0.2) is 52.0 Å². The monoisotopic (exact) mass is 312 g/mol. The number of benzene rings is 2. The molecular weight excluding hydrogens is 299 g/mol. The Hall–Kier alpha value is -3.15. The van der Waals surface area contributed by atoms with Gasteiger partial charge in [-0.25, -0.2) is 9.82 Å². The van der Waals surface area contributed by atoms with Crippen LogP contribution in [0.2, 0.25) is 0 Å². The first-order chi connectivity index (χ1) is 11.1. The number of carbonyl (C=O) groups is 1. The molecule has 1 amide bonds. The van der Waals surface area contributed by atoms with Crippen LogP contribution in [0, 0.1) is 12.7 Å². The molecule has 0 aliphatic carbocycles. The van der Waals surface area contributed by atoms with Crippen LogP contribution in [-0.4, -0.2) is 17.2 Å². The van der Waals surface area contributed by atoms with Gasteiger partial charge in [0.25, 0.3) is 0 Å². The molecule has 0 unspecified atom stereocenters. The number of fused-ring (bicyclic) bond motifs is 1. The predicted octanol–water partition coefficient (Wildman–Crippen LogP) is 3.35. The van der Waals surface area contributed by atoms with Crippen LogP contribution in [0.4, 0.5) is 4.39 Å². The minimum atomic E-state index is -0.578. The number of nitrogens with one attached hydrogen (secondary N) is 1.